The van der Waals surface area contributed by atoms with Crippen LogP contribution in [-0.2, 0) is 17.9 Å². The molecule has 0 atom stereocenters. The molecule has 27 heavy (non-hydrogen) atoms. The van der Waals surface area contributed by atoms with E-state index in [1.165, 1.54) is 0 Å². The summed E-state index contributed by atoms with van der Waals surface area (Å²) in [6.07, 6.45) is 0. The largest absolute Gasteiger partial charge is 0.380 e. The molecule has 4 aromatic rings. The number of halogens is 1. The van der Waals surface area contributed by atoms with Gasteiger partial charge >= 0.3 is 0 Å². The van der Waals surface area contributed by atoms with Crippen molar-refractivity contribution in [2.45, 2.75) is 13.2 Å². The van der Waals surface area contributed by atoms with Crippen molar-refractivity contribution in [3.8, 4) is 0 Å². The van der Waals surface area contributed by atoms with Crippen molar-refractivity contribution in [1.82, 2.24) is 4.57 Å². The molecule has 135 valence electrons. The Morgan fingerprint density at radius 1 is 1.15 bits per heavy atom. The molecular formula is C22H18BrN2O2. The van der Waals surface area contributed by atoms with Crippen molar-refractivity contribution in [2.24, 2.45) is 5.73 Å². The van der Waals surface area contributed by atoms with Gasteiger partial charge in [-0.25, -0.2) is 0 Å². The molecule has 1 amide bonds. The van der Waals surface area contributed by atoms with Crippen molar-refractivity contribution < 1.29 is 9.53 Å². The average molecular weight is 422 g/mol. The minimum atomic E-state index is -0.434. The Morgan fingerprint density at radius 3 is 2.70 bits per heavy atom. The van der Waals surface area contributed by atoms with E-state index < -0.39 is 5.91 Å². The van der Waals surface area contributed by atoms with E-state index >= 15 is 0 Å². The Balaban J connectivity index is 2.02. The van der Waals surface area contributed by atoms with Crippen molar-refractivity contribution >= 4 is 43.6 Å². The summed E-state index contributed by atoms with van der Waals surface area (Å²) in [5.74, 6) is -0.434. The number of ether oxygens (including phenoxy) is 1. The maximum Gasteiger partial charge on any atom is 0.249 e. The normalized spacial score (nSPS) is 11.3. The van der Waals surface area contributed by atoms with Gasteiger partial charge in [-0.2, -0.15) is 0 Å². The number of primary amides is 1. The van der Waals surface area contributed by atoms with Crippen molar-refractivity contribution in [2.75, 3.05) is 7.11 Å². The van der Waals surface area contributed by atoms with Gasteiger partial charge in [-0.3, -0.25) is 4.79 Å². The number of carbonyl (C=O) groups excluding carboxylic acids is 1. The van der Waals surface area contributed by atoms with Crippen molar-refractivity contribution in [3.63, 3.8) is 0 Å². The maximum absolute atomic E-state index is 12.0. The summed E-state index contributed by atoms with van der Waals surface area (Å²) >= 11 is 3.54. The number of nitrogens with two attached hydrogens (primary N) is 1. The lowest BCUT2D eigenvalue weighted by Crippen LogP contribution is -2.11. The molecule has 4 rings (SSSR count). The standard InChI is InChI=1S/C22H18BrN2O2/c1-27-13-15-8-9-17-20(11-15)25(12-14-4-2-5-16(23)10-14)19-7-3-6-18(21(17)19)22(24)26/h2-8,10-11H,12-13H2,1H3,(H2,24,26). The van der Waals surface area contributed by atoms with Crippen LogP contribution in [0, 0.1) is 6.07 Å². The first kappa shape index (κ1) is 17.8. The van der Waals surface area contributed by atoms with Gasteiger partial charge in [0.25, 0.3) is 0 Å². The van der Waals surface area contributed by atoms with E-state index in [4.69, 9.17) is 10.5 Å². The Labute approximate surface area is 165 Å². The van der Waals surface area contributed by atoms with Crippen LogP contribution in [0.1, 0.15) is 21.5 Å². The van der Waals surface area contributed by atoms with Crippen molar-refractivity contribution in [1.29, 1.82) is 0 Å². The summed E-state index contributed by atoms with van der Waals surface area (Å²) < 4.78 is 8.51. The van der Waals surface area contributed by atoms with Gasteiger partial charge < -0.3 is 15.0 Å². The lowest BCUT2D eigenvalue weighted by atomic mass is 10.0. The van der Waals surface area contributed by atoms with E-state index in [0.717, 1.165) is 37.4 Å². The van der Waals surface area contributed by atoms with E-state index in [1.807, 2.05) is 30.3 Å². The smallest absolute Gasteiger partial charge is 0.249 e. The summed E-state index contributed by atoms with van der Waals surface area (Å²) in [5.41, 5.74) is 10.3. The molecule has 0 bridgehead atoms. The van der Waals surface area contributed by atoms with Crippen LogP contribution in [0.25, 0.3) is 21.8 Å². The zero-order chi connectivity index (χ0) is 19.0. The fourth-order valence-electron chi connectivity index (χ4n) is 3.54. The van der Waals surface area contributed by atoms with Crippen LogP contribution in [-0.4, -0.2) is 17.6 Å². The van der Waals surface area contributed by atoms with Gasteiger partial charge in [-0.05, 0) is 53.6 Å². The van der Waals surface area contributed by atoms with E-state index in [0.29, 0.717) is 18.7 Å². The Morgan fingerprint density at radius 2 is 1.96 bits per heavy atom. The first-order valence-electron chi connectivity index (χ1n) is 8.57. The van der Waals surface area contributed by atoms with Crippen LogP contribution in [0.4, 0.5) is 0 Å². The minimum Gasteiger partial charge on any atom is -0.380 e. The van der Waals surface area contributed by atoms with Gasteiger partial charge in [-0.15, -0.1) is 0 Å². The second-order valence-corrected chi connectivity index (χ2v) is 7.40. The first-order valence-corrected chi connectivity index (χ1v) is 9.36. The number of hydrogen-bond acceptors (Lipinski definition) is 2. The summed E-state index contributed by atoms with van der Waals surface area (Å²) in [5, 5.41) is 1.74. The molecule has 0 saturated heterocycles. The third kappa shape index (κ3) is 3.24. The molecule has 0 aliphatic heterocycles. The SMILES string of the molecule is COCc1c[c]c2c3c(C(N)=O)cccc3n(Cc3cccc(Br)c3)c2c1. The zero-order valence-corrected chi connectivity index (χ0v) is 16.4. The van der Waals surface area contributed by atoms with E-state index in [-0.39, 0.29) is 0 Å². The highest BCUT2D eigenvalue weighted by molar-refractivity contribution is 9.10. The minimum absolute atomic E-state index is 0.434. The molecule has 0 fully saturated rings. The van der Waals surface area contributed by atoms with E-state index in [2.05, 4.69) is 44.8 Å². The van der Waals surface area contributed by atoms with E-state index in [9.17, 15) is 4.79 Å². The molecule has 1 aromatic heterocycles. The molecule has 0 aliphatic carbocycles. The van der Waals surface area contributed by atoms with Gasteiger partial charge in [-0.1, -0.05) is 34.1 Å². The Hall–Kier alpha value is -2.63. The predicted octanol–water partition coefficient (Wildman–Crippen LogP) is 4.65. The molecule has 3 aromatic carbocycles. The number of carbonyl (C=O) groups is 1. The Bertz CT molecular complexity index is 1160. The maximum atomic E-state index is 12.0. The number of aromatic nitrogens is 1. The predicted molar refractivity (Wildman–Crippen MR) is 111 cm³/mol. The summed E-state index contributed by atoms with van der Waals surface area (Å²) in [7, 11) is 1.67. The lowest BCUT2D eigenvalue weighted by molar-refractivity contribution is 0.100. The molecule has 5 heteroatoms. The molecule has 0 unspecified atom stereocenters. The fraction of sp³-hybridized carbons (Fsp3) is 0.136. The number of benzene rings is 3. The van der Waals surface area contributed by atoms with Gasteiger partial charge in [0.15, 0.2) is 0 Å². The van der Waals surface area contributed by atoms with Crippen LogP contribution >= 0.6 is 15.9 Å². The summed E-state index contributed by atoms with van der Waals surface area (Å²) in [6, 6.07) is 21.2. The van der Waals surface area contributed by atoms with Crippen LogP contribution in [0.5, 0.6) is 0 Å². The van der Waals surface area contributed by atoms with Gasteiger partial charge in [0, 0.05) is 34.5 Å². The number of nitrogens with zero attached hydrogens (tertiary/aromatic N) is 1. The fourth-order valence-corrected chi connectivity index (χ4v) is 3.99. The number of fused-ring (bicyclic) bond motifs is 3. The second-order valence-electron chi connectivity index (χ2n) is 6.48. The third-order valence-electron chi connectivity index (χ3n) is 4.66. The number of amides is 1. The monoisotopic (exact) mass is 421 g/mol. The highest BCUT2D eigenvalue weighted by Crippen LogP contribution is 2.33. The van der Waals surface area contributed by atoms with Crippen molar-refractivity contribution in [3.05, 3.63) is 81.8 Å². The molecule has 0 saturated carbocycles. The molecule has 0 spiro atoms. The van der Waals surface area contributed by atoms with Crippen LogP contribution in [0.3, 0.4) is 0 Å². The second kappa shape index (κ2) is 7.18. The molecule has 1 radical (unpaired) electrons. The number of rotatable bonds is 5. The highest BCUT2D eigenvalue weighted by atomic mass is 79.9. The van der Waals surface area contributed by atoms with Crippen LogP contribution in [0.15, 0.2) is 59.1 Å². The first-order chi connectivity index (χ1) is 13.1. The topological polar surface area (TPSA) is 57.2 Å². The average Bonchev–Trinajstić information content (AvgIpc) is 2.95. The zero-order valence-electron chi connectivity index (χ0n) is 14.8. The van der Waals surface area contributed by atoms with Gasteiger partial charge in [0.1, 0.15) is 0 Å². The molecule has 1 heterocycles. The number of methoxy groups -OCH3 is 1. The molecular weight excluding hydrogens is 404 g/mol. The summed E-state index contributed by atoms with van der Waals surface area (Å²) in [6.45, 7) is 1.18. The number of hydrogen-bond donors (Lipinski definition) is 1. The van der Waals surface area contributed by atoms with Gasteiger partial charge in [0.2, 0.25) is 5.91 Å². The lowest BCUT2D eigenvalue weighted by Gasteiger charge is -2.09. The van der Waals surface area contributed by atoms with E-state index in [1.54, 1.807) is 13.2 Å². The van der Waals surface area contributed by atoms with Crippen LogP contribution in [0.2, 0.25) is 0 Å². The summed E-state index contributed by atoms with van der Waals surface area (Å²) in [4.78, 5) is 12.0. The Kier molecular flexibility index (Phi) is 4.72. The van der Waals surface area contributed by atoms with Crippen LogP contribution < -0.4 is 5.73 Å². The molecule has 0 aliphatic rings. The highest BCUT2D eigenvalue weighted by Gasteiger charge is 2.17. The quantitative estimate of drug-likeness (QED) is 0.509. The third-order valence-corrected chi connectivity index (χ3v) is 5.15. The van der Waals surface area contributed by atoms with Gasteiger partial charge in [0.05, 0.1) is 17.6 Å². The molecule has 2 N–H and O–H groups in total. The molecule has 4 nitrogen and oxygen atoms in total.